The quantitative estimate of drug-likeness (QED) is 0.514. The van der Waals surface area contributed by atoms with E-state index in [4.69, 9.17) is 13.9 Å². The van der Waals surface area contributed by atoms with Crippen LogP contribution in [0.2, 0.25) is 0 Å². The molecule has 0 atom stereocenters. The van der Waals surface area contributed by atoms with Gasteiger partial charge in [-0.3, -0.25) is 5.32 Å². The first kappa shape index (κ1) is 17.3. The molecule has 1 aromatic heterocycles. The summed E-state index contributed by atoms with van der Waals surface area (Å²) in [7, 11) is 0. The van der Waals surface area contributed by atoms with Crippen molar-refractivity contribution >= 4 is 28.7 Å². The number of ether oxygens (including phenoxy) is 2. The molecule has 0 unspecified atom stereocenters. The number of hydrogen-bond acceptors (Lipinski definition) is 6. The molecule has 0 saturated carbocycles. The van der Waals surface area contributed by atoms with Gasteiger partial charge in [-0.2, -0.15) is 0 Å². The van der Waals surface area contributed by atoms with E-state index in [9.17, 15) is 14.4 Å². The topological polar surface area (TPSA) is 94.8 Å². The molecule has 2 aromatic rings. The molecule has 1 N–H and O–H groups in total. The van der Waals surface area contributed by atoms with Gasteiger partial charge in [0.25, 0.3) is 0 Å². The van der Waals surface area contributed by atoms with Crippen LogP contribution in [-0.4, -0.2) is 18.7 Å². The maximum Gasteiger partial charge on any atom is 0.411 e. The van der Waals surface area contributed by atoms with Gasteiger partial charge in [-0.05, 0) is 26.0 Å². The first-order valence-electron chi connectivity index (χ1n) is 7.33. The van der Waals surface area contributed by atoms with Crippen LogP contribution in [0.5, 0.6) is 0 Å². The second-order valence-electron chi connectivity index (χ2n) is 4.75. The van der Waals surface area contributed by atoms with E-state index in [0.717, 1.165) is 0 Å². The molecule has 0 bridgehead atoms. The summed E-state index contributed by atoms with van der Waals surface area (Å²) in [6, 6.07) is 6.07. The Labute approximate surface area is 137 Å². The predicted octanol–water partition coefficient (Wildman–Crippen LogP) is 2.98. The summed E-state index contributed by atoms with van der Waals surface area (Å²) in [6.45, 7) is 3.58. The van der Waals surface area contributed by atoms with Gasteiger partial charge in [0.05, 0.1) is 6.61 Å². The molecule has 0 fully saturated rings. The maximum absolute atomic E-state index is 11.7. The number of allylic oxidation sites excluding steroid dienone is 1. The van der Waals surface area contributed by atoms with E-state index in [1.54, 1.807) is 32.1 Å². The zero-order valence-corrected chi connectivity index (χ0v) is 13.3. The van der Waals surface area contributed by atoms with Crippen molar-refractivity contribution in [3.05, 3.63) is 52.4 Å². The Balaban J connectivity index is 2.28. The second kappa shape index (κ2) is 7.96. The molecular formula is C17H17NO6. The molecule has 1 amide bonds. The number of hydrogen-bond donors (Lipinski definition) is 1. The van der Waals surface area contributed by atoms with E-state index in [1.165, 1.54) is 18.2 Å². The lowest BCUT2D eigenvalue weighted by molar-refractivity contribution is -0.138. The monoisotopic (exact) mass is 331 g/mol. The van der Waals surface area contributed by atoms with Crippen LogP contribution < -0.4 is 10.9 Å². The normalized spacial score (nSPS) is 10.8. The van der Waals surface area contributed by atoms with Crippen molar-refractivity contribution in [3.63, 3.8) is 0 Å². The van der Waals surface area contributed by atoms with E-state index in [2.05, 4.69) is 5.32 Å². The third-order valence-corrected chi connectivity index (χ3v) is 3.02. The van der Waals surface area contributed by atoms with E-state index >= 15 is 0 Å². The smallest absolute Gasteiger partial charge is 0.411 e. The third-order valence-electron chi connectivity index (χ3n) is 3.02. The largest absolute Gasteiger partial charge is 0.458 e. The number of anilines is 1. The minimum absolute atomic E-state index is 0.0596. The zero-order chi connectivity index (χ0) is 17.5. The van der Waals surface area contributed by atoms with Crippen molar-refractivity contribution < 1.29 is 23.5 Å². The van der Waals surface area contributed by atoms with Crippen LogP contribution in [0, 0.1) is 0 Å². The highest BCUT2D eigenvalue weighted by Gasteiger charge is 2.10. The molecule has 7 heteroatoms. The summed E-state index contributed by atoms with van der Waals surface area (Å²) in [5.74, 6) is -0.500. The van der Waals surface area contributed by atoms with Gasteiger partial charge in [0.2, 0.25) is 0 Å². The first-order valence-corrected chi connectivity index (χ1v) is 7.33. The van der Waals surface area contributed by atoms with Gasteiger partial charge in [-0.1, -0.05) is 6.08 Å². The standard InChI is InChI=1S/C17H17NO6/c1-3-5-15(19)23-10-11-8-16(20)24-14-9-12(6-7-13(11)14)18-17(21)22-4-2/h3,5-9H,4,10H2,1-2H3,(H,18,21)/b5-3+. The molecule has 126 valence electrons. The Bertz CT molecular complexity index is 837. The number of fused-ring (bicyclic) bond motifs is 1. The predicted molar refractivity (Wildman–Crippen MR) is 87.7 cm³/mol. The summed E-state index contributed by atoms with van der Waals surface area (Å²) in [5, 5.41) is 3.13. The maximum atomic E-state index is 11.7. The van der Waals surface area contributed by atoms with Crippen LogP contribution in [0.15, 0.2) is 45.6 Å². The number of esters is 1. The molecule has 0 aliphatic heterocycles. The molecule has 24 heavy (non-hydrogen) atoms. The van der Waals surface area contributed by atoms with E-state index in [-0.39, 0.29) is 18.8 Å². The fourth-order valence-electron chi connectivity index (χ4n) is 2.05. The van der Waals surface area contributed by atoms with E-state index < -0.39 is 17.7 Å². The van der Waals surface area contributed by atoms with E-state index in [1.807, 2.05) is 0 Å². The Hall–Kier alpha value is -3.09. The van der Waals surface area contributed by atoms with Gasteiger partial charge in [-0.25, -0.2) is 14.4 Å². The molecule has 7 nitrogen and oxygen atoms in total. The molecular weight excluding hydrogens is 314 g/mol. The van der Waals surface area contributed by atoms with Gasteiger partial charge < -0.3 is 13.9 Å². The van der Waals surface area contributed by atoms with Gasteiger partial charge >= 0.3 is 17.7 Å². The molecule has 0 saturated heterocycles. The zero-order valence-electron chi connectivity index (χ0n) is 13.3. The van der Waals surface area contributed by atoms with Crippen molar-refractivity contribution in [1.29, 1.82) is 0 Å². The summed E-state index contributed by atoms with van der Waals surface area (Å²) >= 11 is 0. The highest BCUT2D eigenvalue weighted by molar-refractivity contribution is 5.90. The average Bonchev–Trinajstić information content (AvgIpc) is 2.52. The molecule has 0 radical (unpaired) electrons. The third kappa shape index (κ3) is 4.45. The SMILES string of the molecule is C/C=C/C(=O)OCc1cc(=O)oc2cc(NC(=O)OCC)ccc12. The molecule has 0 aliphatic rings. The van der Waals surface area contributed by atoms with Crippen molar-refractivity contribution in [3.8, 4) is 0 Å². The van der Waals surface area contributed by atoms with Crippen LogP contribution >= 0.6 is 0 Å². The minimum Gasteiger partial charge on any atom is -0.458 e. The average molecular weight is 331 g/mol. The molecule has 1 aromatic carbocycles. The van der Waals surface area contributed by atoms with Crippen LogP contribution in [-0.2, 0) is 20.9 Å². The number of rotatable bonds is 5. The van der Waals surface area contributed by atoms with Crippen LogP contribution in [0.4, 0.5) is 10.5 Å². The lowest BCUT2D eigenvalue weighted by Crippen LogP contribution is -2.13. The van der Waals surface area contributed by atoms with Crippen molar-refractivity contribution in [2.24, 2.45) is 0 Å². The fraction of sp³-hybridized carbons (Fsp3) is 0.235. The lowest BCUT2D eigenvalue weighted by Gasteiger charge is -2.08. The van der Waals surface area contributed by atoms with Gasteiger partial charge in [-0.15, -0.1) is 0 Å². The highest BCUT2D eigenvalue weighted by Crippen LogP contribution is 2.22. The fourth-order valence-corrected chi connectivity index (χ4v) is 2.05. The highest BCUT2D eigenvalue weighted by atomic mass is 16.5. The molecule has 2 rings (SSSR count). The van der Waals surface area contributed by atoms with Gasteiger partial charge in [0.1, 0.15) is 12.2 Å². The van der Waals surface area contributed by atoms with Gasteiger partial charge in [0.15, 0.2) is 0 Å². The molecule has 1 heterocycles. The summed E-state index contributed by atoms with van der Waals surface area (Å²) in [4.78, 5) is 34.5. The molecule has 0 spiro atoms. The van der Waals surface area contributed by atoms with Crippen LogP contribution in [0.1, 0.15) is 19.4 Å². The summed E-state index contributed by atoms with van der Waals surface area (Å²) in [6.07, 6.45) is 2.25. The number of amides is 1. The minimum atomic E-state index is -0.601. The van der Waals surface area contributed by atoms with Gasteiger partial charge in [0, 0.05) is 34.8 Å². The first-order chi connectivity index (χ1) is 11.5. The number of carbonyl (C=O) groups is 2. The second-order valence-corrected chi connectivity index (χ2v) is 4.75. The lowest BCUT2D eigenvalue weighted by atomic mass is 10.1. The molecule has 0 aliphatic carbocycles. The number of carbonyl (C=O) groups excluding carboxylic acids is 2. The summed E-state index contributed by atoms with van der Waals surface area (Å²) < 4.78 is 15.0. The van der Waals surface area contributed by atoms with Crippen molar-refractivity contribution in [2.75, 3.05) is 11.9 Å². The Kier molecular flexibility index (Phi) is 5.73. The van der Waals surface area contributed by atoms with Crippen molar-refractivity contribution in [1.82, 2.24) is 0 Å². The Morgan fingerprint density at radius 2 is 2.04 bits per heavy atom. The number of nitrogens with one attached hydrogen (secondary N) is 1. The Morgan fingerprint density at radius 3 is 2.75 bits per heavy atom. The summed E-state index contributed by atoms with van der Waals surface area (Å²) in [5.41, 5.74) is 0.635. The van der Waals surface area contributed by atoms with Crippen LogP contribution in [0.3, 0.4) is 0 Å². The van der Waals surface area contributed by atoms with Crippen LogP contribution in [0.25, 0.3) is 11.0 Å². The van der Waals surface area contributed by atoms with E-state index in [0.29, 0.717) is 16.6 Å². The Morgan fingerprint density at radius 1 is 1.25 bits per heavy atom. The number of benzene rings is 1. The van der Waals surface area contributed by atoms with Crippen molar-refractivity contribution in [2.45, 2.75) is 20.5 Å².